The molecule has 1 aliphatic heterocycles. The number of hydrogen-bond donors (Lipinski definition) is 2. The van der Waals surface area contributed by atoms with Gasteiger partial charge in [0, 0.05) is 13.1 Å². The second-order valence-electron chi connectivity index (χ2n) is 3.82. The maximum absolute atomic E-state index is 11.6. The van der Waals surface area contributed by atoms with Crippen molar-refractivity contribution >= 4 is 11.8 Å². The minimum Gasteiger partial charge on any atom is -0.379 e. The molecule has 1 heterocycles. The van der Waals surface area contributed by atoms with Crippen LogP contribution in [0.2, 0.25) is 0 Å². The highest BCUT2D eigenvalue weighted by atomic mass is 16.5. The smallest absolute Gasteiger partial charge is 0.239 e. The van der Waals surface area contributed by atoms with Gasteiger partial charge in [0.05, 0.1) is 19.8 Å². The molecule has 0 aromatic carbocycles. The molecule has 0 bridgehead atoms. The Morgan fingerprint density at radius 1 is 1.44 bits per heavy atom. The highest BCUT2D eigenvalue weighted by molar-refractivity contribution is 5.87. The topological polar surface area (TPSA) is 84.7 Å². The van der Waals surface area contributed by atoms with Crippen LogP contribution in [0.4, 0.5) is 0 Å². The molecule has 1 saturated heterocycles. The van der Waals surface area contributed by atoms with Crippen LogP contribution in [-0.2, 0) is 14.3 Å². The van der Waals surface area contributed by atoms with Gasteiger partial charge < -0.3 is 15.8 Å². The Labute approximate surface area is 95.1 Å². The van der Waals surface area contributed by atoms with Gasteiger partial charge >= 0.3 is 0 Å². The molecule has 0 aromatic heterocycles. The van der Waals surface area contributed by atoms with E-state index in [1.165, 1.54) is 0 Å². The van der Waals surface area contributed by atoms with E-state index in [0.29, 0.717) is 26.2 Å². The minimum absolute atomic E-state index is 0.160. The number of nitrogens with zero attached hydrogens (tertiary/aromatic N) is 1. The van der Waals surface area contributed by atoms with Crippen molar-refractivity contribution in [1.29, 1.82) is 0 Å². The average Bonchev–Trinajstić information content (AvgIpc) is 2.27. The van der Waals surface area contributed by atoms with Crippen LogP contribution in [0.15, 0.2) is 0 Å². The van der Waals surface area contributed by atoms with Gasteiger partial charge in [0.15, 0.2) is 0 Å². The lowest BCUT2D eigenvalue weighted by molar-refractivity contribution is -0.128. The fourth-order valence-electron chi connectivity index (χ4n) is 1.58. The predicted octanol–water partition coefficient (Wildman–Crippen LogP) is -1.30. The van der Waals surface area contributed by atoms with E-state index in [1.807, 2.05) is 11.8 Å². The number of nitrogens with two attached hydrogens (primary N) is 1. The number of hydrogen-bond acceptors (Lipinski definition) is 4. The normalized spacial score (nSPS) is 19.1. The molecule has 1 rings (SSSR count). The van der Waals surface area contributed by atoms with E-state index >= 15 is 0 Å². The summed E-state index contributed by atoms with van der Waals surface area (Å²) in [5, 5.41) is 2.62. The summed E-state index contributed by atoms with van der Waals surface area (Å²) in [6, 6.07) is -0.562. The number of carbonyl (C=O) groups excluding carboxylic acids is 2. The van der Waals surface area contributed by atoms with Gasteiger partial charge in [-0.3, -0.25) is 14.5 Å². The number of amides is 2. The Kier molecular flexibility index (Phi) is 5.21. The van der Waals surface area contributed by atoms with Gasteiger partial charge in [-0.05, 0) is 6.42 Å². The molecule has 3 N–H and O–H groups in total. The van der Waals surface area contributed by atoms with Gasteiger partial charge in [0.25, 0.3) is 0 Å². The summed E-state index contributed by atoms with van der Waals surface area (Å²) < 4.78 is 5.17. The van der Waals surface area contributed by atoms with Crippen LogP contribution >= 0.6 is 0 Å². The van der Waals surface area contributed by atoms with Crippen LogP contribution in [-0.4, -0.2) is 55.6 Å². The van der Waals surface area contributed by atoms with E-state index in [9.17, 15) is 9.59 Å². The summed E-state index contributed by atoms with van der Waals surface area (Å²) in [7, 11) is 0. The fourth-order valence-corrected chi connectivity index (χ4v) is 1.58. The van der Waals surface area contributed by atoms with Gasteiger partial charge in [-0.25, -0.2) is 0 Å². The van der Waals surface area contributed by atoms with E-state index in [0.717, 1.165) is 13.1 Å². The Balaban J connectivity index is 2.31. The van der Waals surface area contributed by atoms with Gasteiger partial charge in [0.2, 0.25) is 11.8 Å². The predicted molar refractivity (Wildman–Crippen MR) is 58.7 cm³/mol. The number of carbonyl (C=O) groups is 2. The quantitative estimate of drug-likeness (QED) is 0.613. The molecule has 6 heteroatoms. The lowest BCUT2D eigenvalue weighted by Gasteiger charge is -2.26. The van der Waals surface area contributed by atoms with E-state index in [-0.39, 0.29) is 5.91 Å². The van der Waals surface area contributed by atoms with Crippen molar-refractivity contribution < 1.29 is 14.3 Å². The second kappa shape index (κ2) is 6.44. The average molecular weight is 229 g/mol. The first-order valence-corrected chi connectivity index (χ1v) is 5.52. The Morgan fingerprint density at radius 3 is 2.56 bits per heavy atom. The standard InChI is InChI=1S/C10H19N3O3/c1-2-8(10(11)15)12-9(14)7-13-3-5-16-6-4-13/h8H,2-7H2,1H3,(H2,11,15)(H,12,14). The van der Waals surface area contributed by atoms with E-state index in [1.54, 1.807) is 0 Å². The van der Waals surface area contributed by atoms with Crippen molar-refractivity contribution in [1.82, 2.24) is 10.2 Å². The molecule has 1 aliphatic rings. The molecule has 6 nitrogen and oxygen atoms in total. The lowest BCUT2D eigenvalue weighted by atomic mass is 10.2. The van der Waals surface area contributed by atoms with Crippen LogP contribution in [0.3, 0.4) is 0 Å². The van der Waals surface area contributed by atoms with Crippen molar-refractivity contribution in [3.63, 3.8) is 0 Å². The highest BCUT2D eigenvalue weighted by Gasteiger charge is 2.18. The zero-order valence-corrected chi connectivity index (χ0v) is 9.57. The zero-order valence-electron chi connectivity index (χ0n) is 9.57. The van der Waals surface area contributed by atoms with Gasteiger partial charge in [-0.15, -0.1) is 0 Å². The third kappa shape index (κ3) is 4.16. The summed E-state index contributed by atoms with van der Waals surface area (Å²) in [6.45, 7) is 4.92. The number of morpholine rings is 1. The molecule has 1 fully saturated rings. The summed E-state index contributed by atoms with van der Waals surface area (Å²) >= 11 is 0. The second-order valence-corrected chi connectivity index (χ2v) is 3.82. The molecule has 92 valence electrons. The monoisotopic (exact) mass is 229 g/mol. The van der Waals surface area contributed by atoms with Gasteiger partial charge in [-0.2, -0.15) is 0 Å². The highest BCUT2D eigenvalue weighted by Crippen LogP contribution is 1.96. The molecule has 0 spiro atoms. The number of nitrogens with one attached hydrogen (secondary N) is 1. The third-order valence-corrected chi connectivity index (χ3v) is 2.56. The number of ether oxygens (including phenoxy) is 1. The Bertz CT molecular complexity index is 252. The van der Waals surface area contributed by atoms with Crippen molar-refractivity contribution in [2.45, 2.75) is 19.4 Å². The van der Waals surface area contributed by atoms with Crippen molar-refractivity contribution in [2.24, 2.45) is 5.73 Å². The SMILES string of the molecule is CCC(NC(=O)CN1CCOCC1)C(N)=O. The molecule has 0 saturated carbocycles. The Morgan fingerprint density at radius 2 is 2.06 bits per heavy atom. The minimum atomic E-state index is -0.562. The molecule has 0 radical (unpaired) electrons. The van der Waals surface area contributed by atoms with Crippen LogP contribution in [0, 0.1) is 0 Å². The van der Waals surface area contributed by atoms with Crippen LogP contribution in [0.5, 0.6) is 0 Å². The molecule has 0 aliphatic carbocycles. The molecule has 2 amide bonds. The van der Waals surface area contributed by atoms with Crippen molar-refractivity contribution in [3.8, 4) is 0 Å². The van der Waals surface area contributed by atoms with Crippen LogP contribution in [0.1, 0.15) is 13.3 Å². The molecule has 16 heavy (non-hydrogen) atoms. The largest absolute Gasteiger partial charge is 0.379 e. The van der Waals surface area contributed by atoms with Crippen molar-refractivity contribution in [2.75, 3.05) is 32.8 Å². The maximum atomic E-state index is 11.6. The van der Waals surface area contributed by atoms with Crippen LogP contribution in [0.25, 0.3) is 0 Å². The lowest BCUT2D eigenvalue weighted by Crippen LogP contribution is -2.49. The van der Waals surface area contributed by atoms with Crippen molar-refractivity contribution in [3.05, 3.63) is 0 Å². The molecular formula is C10H19N3O3. The van der Waals surface area contributed by atoms with Gasteiger partial charge in [0.1, 0.15) is 6.04 Å². The Hall–Kier alpha value is -1.14. The molecule has 1 unspecified atom stereocenters. The molecule has 0 aromatic rings. The van der Waals surface area contributed by atoms with E-state index in [2.05, 4.69) is 5.32 Å². The zero-order chi connectivity index (χ0) is 12.0. The maximum Gasteiger partial charge on any atom is 0.239 e. The van der Waals surface area contributed by atoms with Crippen LogP contribution < -0.4 is 11.1 Å². The number of rotatable bonds is 5. The fraction of sp³-hybridized carbons (Fsp3) is 0.800. The third-order valence-electron chi connectivity index (χ3n) is 2.56. The van der Waals surface area contributed by atoms with E-state index in [4.69, 9.17) is 10.5 Å². The first-order chi connectivity index (χ1) is 7.63. The first-order valence-electron chi connectivity index (χ1n) is 5.52. The summed E-state index contributed by atoms with van der Waals surface area (Å²) in [6.07, 6.45) is 0.518. The van der Waals surface area contributed by atoms with Gasteiger partial charge in [-0.1, -0.05) is 6.92 Å². The summed E-state index contributed by atoms with van der Waals surface area (Å²) in [5.74, 6) is -0.648. The number of primary amides is 1. The summed E-state index contributed by atoms with van der Waals surface area (Å²) in [5.41, 5.74) is 5.14. The first kappa shape index (κ1) is 12.9. The van der Waals surface area contributed by atoms with E-state index < -0.39 is 11.9 Å². The summed E-state index contributed by atoms with van der Waals surface area (Å²) in [4.78, 5) is 24.5. The molecular weight excluding hydrogens is 210 g/mol. The molecule has 1 atom stereocenters.